The Morgan fingerprint density at radius 3 is 2.26 bits per heavy atom. The second kappa shape index (κ2) is 10.9. The molecule has 2 heterocycles. The van der Waals surface area contributed by atoms with Crippen LogP contribution in [0.5, 0.6) is 0 Å². The molecular formula is C30H23F7N4O2. The number of carbonyl (C=O) groups is 2. The molecule has 4 aromatic rings. The maximum atomic E-state index is 14.3. The molecule has 43 heavy (non-hydrogen) atoms. The number of hydrogen-bond donors (Lipinski definition) is 1. The van der Waals surface area contributed by atoms with E-state index in [-0.39, 0.29) is 17.9 Å². The number of hydrogen-bond acceptors (Lipinski definition) is 3. The minimum absolute atomic E-state index is 0.0592. The standard InChI is InChI=1S/C30H23F7N4O2/c1-3-40-27-23(16(2)39-41(27)20-10-5-4-6-11-20)24(17-12-13-22(31)21(15-17)30(35,36)37)25(28(40)43)38-26(42)18-8-7-9-19(14-18)29(32,33)34/h4-15,24-25H,3H2,1-2H3,(H,38,42)/t24-,25?/m0/s1. The third kappa shape index (κ3) is 5.46. The van der Waals surface area contributed by atoms with Crippen LogP contribution in [0.1, 0.15) is 51.1 Å². The van der Waals surface area contributed by atoms with Gasteiger partial charge in [0.1, 0.15) is 17.7 Å². The van der Waals surface area contributed by atoms with Crippen molar-refractivity contribution in [1.29, 1.82) is 0 Å². The molecular weight excluding hydrogens is 581 g/mol. The van der Waals surface area contributed by atoms with Crippen molar-refractivity contribution in [3.63, 3.8) is 0 Å². The summed E-state index contributed by atoms with van der Waals surface area (Å²) in [6.07, 6.45) is -9.82. The van der Waals surface area contributed by atoms with Gasteiger partial charge in [0, 0.05) is 23.6 Å². The van der Waals surface area contributed by atoms with E-state index >= 15 is 0 Å². The Morgan fingerprint density at radius 1 is 0.930 bits per heavy atom. The maximum absolute atomic E-state index is 14.3. The zero-order chi connectivity index (χ0) is 31.3. The van der Waals surface area contributed by atoms with Crippen molar-refractivity contribution < 1.29 is 40.3 Å². The van der Waals surface area contributed by atoms with E-state index in [1.807, 2.05) is 0 Å². The summed E-state index contributed by atoms with van der Waals surface area (Å²) < 4.78 is 97.0. The van der Waals surface area contributed by atoms with Crippen molar-refractivity contribution in [3.8, 4) is 5.69 Å². The van der Waals surface area contributed by atoms with Crippen LogP contribution in [0.4, 0.5) is 36.6 Å². The molecule has 0 aliphatic carbocycles. The van der Waals surface area contributed by atoms with Gasteiger partial charge in [-0.3, -0.25) is 14.5 Å². The maximum Gasteiger partial charge on any atom is 0.419 e. The molecule has 1 unspecified atom stereocenters. The van der Waals surface area contributed by atoms with Gasteiger partial charge in [0.15, 0.2) is 0 Å². The average Bonchev–Trinajstić information content (AvgIpc) is 3.29. The largest absolute Gasteiger partial charge is 0.419 e. The van der Waals surface area contributed by atoms with Gasteiger partial charge in [0.25, 0.3) is 11.8 Å². The molecule has 3 aromatic carbocycles. The SMILES string of the molecule is CCN1C(=O)C(NC(=O)c2cccc(C(F)(F)F)c2)[C@@H](c2ccc(F)c(C(F)(F)F)c2)c2c(C)nn(-c3ccccc3)c21. The number of aryl methyl sites for hydroxylation is 1. The van der Waals surface area contributed by atoms with Crippen LogP contribution in [0.2, 0.25) is 0 Å². The molecule has 1 aromatic heterocycles. The Morgan fingerprint density at radius 2 is 1.63 bits per heavy atom. The van der Waals surface area contributed by atoms with E-state index in [0.29, 0.717) is 35.1 Å². The zero-order valence-electron chi connectivity index (χ0n) is 22.6. The number of alkyl halides is 6. The number of likely N-dealkylation sites (N-methyl/N-ethyl adjacent to an activating group) is 1. The Hall–Kier alpha value is -4.68. The van der Waals surface area contributed by atoms with Crippen LogP contribution in [-0.4, -0.2) is 34.2 Å². The smallest absolute Gasteiger partial charge is 0.339 e. The Kier molecular flexibility index (Phi) is 7.53. The van der Waals surface area contributed by atoms with E-state index in [1.165, 1.54) is 9.58 Å². The van der Waals surface area contributed by atoms with Crippen molar-refractivity contribution in [2.45, 2.75) is 38.2 Å². The summed E-state index contributed by atoms with van der Waals surface area (Å²) in [5.74, 6) is -4.39. The van der Waals surface area contributed by atoms with Crippen molar-refractivity contribution in [2.75, 3.05) is 11.4 Å². The number of fused-ring (bicyclic) bond motifs is 1. The lowest BCUT2D eigenvalue weighted by Crippen LogP contribution is -2.55. The highest BCUT2D eigenvalue weighted by Crippen LogP contribution is 2.45. The van der Waals surface area contributed by atoms with Gasteiger partial charge < -0.3 is 5.32 Å². The van der Waals surface area contributed by atoms with Gasteiger partial charge in [0.05, 0.1) is 22.5 Å². The molecule has 13 heteroatoms. The molecule has 6 nitrogen and oxygen atoms in total. The van der Waals surface area contributed by atoms with E-state index in [0.717, 1.165) is 24.3 Å². The number of anilines is 1. The average molecular weight is 605 g/mol. The summed E-state index contributed by atoms with van der Waals surface area (Å²) in [4.78, 5) is 28.6. The van der Waals surface area contributed by atoms with E-state index in [4.69, 9.17) is 0 Å². The highest BCUT2D eigenvalue weighted by atomic mass is 19.4. The van der Waals surface area contributed by atoms with Gasteiger partial charge in [0.2, 0.25) is 0 Å². The summed E-state index contributed by atoms with van der Waals surface area (Å²) in [6, 6.07) is 12.9. The fourth-order valence-electron chi connectivity index (χ4n) is 5.31. The number of aromatic nitrogens is 2. The molecule has 224 valence electrons. The van der Waals surface area contributed by atoms with Crippen molar-refractivity contribution >= 4 is 17.6 Å². The van der Waals surface area contributed by atoms with E-state index in [9.17, 15) is 40.3 Å². The summed E-state index contributed by atoms with van der Waals surface area (Å²) >= 11 is 0. The first-order valence-corrected chi connectivity index (χ1v) is 13.0. The van der Waals surface area contributed by atoms with Crippen LogP contribution in [0.25, 0.3) is 5.69 Å². The molecule has 2 amide bonds. The number of rotatable bonds is 5. The molecule has 0 bridgehead atoms. The van der Waals surface area contributed by atoms with Gasteiger partial charge in [-0.15, -0.1) is 0 Å². The first-order valence-electron chi connectivity index (χ1n) is 13.0. The van der Waals surface area contributed by atoms with Crippen molar-refractivity contribution in [1.82, 2.24) is 15.1 Å². The lowest BCUT2D eigenvalue weighted by molar-refractivity contribution is -0.140. The van der Waals surface area contributed by atoms with Crippen molar-refractivity contribution in [2.24, 2.45) is 0 Å². The molecule has 1 aliphatic heterocycles. The minimum Gasteiger partial charge on any atom is -0.339 e. The summed E-state index contributed by atoms with van der Waals surface area (Å²) in [5.41, 5.74) is -2.10. The van der Waals surface area contributed by atoms with Gasteiger partial charge in [-0.05, 0) is 61.9 Å². The molecule has 5 rings (SSSR count). The molecule has 2 atom stereocenters. The van der Waals surface area contributed by atoms with Crippen LogP contribution in [0, 0.1) is 12.7 Å². The van der Waals surface area contributed by atoms with Gasteiger partial charge in [-0.2, -0.15) is 31.4 Å². The zero-order valence-corrected chi connectivity index (χ0v) is 22.6. The number of nitrogens with zero attached hydrogens (tertiary/aromatic N) is 3. The first kappa shape index (κ1) is 29.8. The molecule has 0 spiro atoms. The summed E-state index contributed by atoms with van der Waals surface area (Å²) in [5, 5.41) is 7.02. The number of benzene rings is 3. The lowest BCUT2D eigenvalue weighted by atomic mass is 9.80. The topological polar surface area (TPSA) is 67.2 Å². The van der Waals surface area contributed by atoms with Gasteiger partial charge in [-0.1, -0.05) is 30.3 Å². The quantitative estimate of drug-likeness (QED) is 0.260. The predicted octanol–water partition coefficient (Wildman–Crippen LogP) is 6.65. The normalized spacial score (nSPS) is 17.1. The predicted molar refractivity (Wildman–Crippen MR) is 142 cm³/mol. The van der Waals surface area contributed by atoms with Crippen LogP contribution in [0.15, 0.2) is 72.8 Å². The minimum atomic E-state index is -5.07. The number of para-hydroxylation sites is 1. The number of nitrogens with one attached hydrogen (secondary N) is 1. The fourth-order valence-corrected chi connectivity index (χ4v) is 5.31. The number of carbonyl (C=O) groups excluding carboxylic acids is 2. The Labute approximate surface area is 240 Å². The van der Waals surface area contributed by atoms with E-state index in [2.05, 4.69) is 10.4 Å². The van der Waals surface area contributed by atoms with E-state index in [1.54, 1.807) is 44.2 Å². The van der Waals surface area contributed by atoms with Crippen LogP contribution >= 0.6 is 0 Å². The monoisotopic (exact) mass is 604 g/mol. The highest BCUT2D eigenvalue weighted by Gasteiger charge is 2.46. The van der Waals surface area contributed by atoms with Gasteiger partial charge >= 0.3 is 12.4 Å². The highest BCUT2D eigenvalue weighted by molar-refractivity contribution is 6.05. The van der Waals surface area contributed by atoms with Gasteiger partial charge in [-0.25, -0.2) is 9.07 Å². The number of amides is 2. The second-order valence-electron chi connectivity index (χ2n) is 9.90. The first-order chi connectivity index (χ1) is 20.2. The molecule has 0 fully saturated rings. The van der Waals surface area contributed by atoms with Crippen LogP contribution in [0.3, 0.4) is 0 Å². The molecule has 0 radical (unpaired) electrons. The Bertz CT molecular complexity index is 1700. The Balaban J connectivity index is 1.71. The molecule has 1 aliphatic rings. The molecule has 0 saturated carbocycles. The van der Waals surface area contributed by atoms with Crippen LogP contribution < -0.4 is 10.2 Å². The summed E-state index contributed by atoms with van der Waals surface area (Å²) in [6.45, 7) is 3.28. The fraction of sp³-hybridized carbons (Fsp3) is 0.233. The van der Waals surface area contributed by atoms with Crippen LogP contribution in [-0.2, 0) is 17.1 Å². The third-order valence-corrected chi connectivity index (χ3v) is 7.22. The van der Waals surface area contributed by atoms with Crippen molar-refractivity contribution in [3.05, 3.63) is 112 Å². The second-order valence-corrected chi connectivity index (χ2v) is 9.90. The molecule has 0 saturated heterocycles. The summed E-state index contributed by atoms with van der Waals surface area (Å²) in [7, 11) is 0. The lowest BCUT2D eigenvalue weighted by Gasteiger charge is -2.38. The number of halogens is 7. The third-order valence-electron chi connectivity index (χ3n) is 7.22. The molecule has 1 N–H and O–H groups in total. The van der Waals surface area contributed by atoms with E-state index < -0.39 is 58.6 Å².